The first kappa shape index (κ1) is 17.7. The van der Waals surface area contributed by atoms with Gasteiger partial charge >= 0.3 is 0 Å². The van der Waals surface area contributed by atoms with E-state index in [0.717, 1.165) is 43.8 Å². The Labute approximate surface area is 149 Å². The molecule has 1 aromatic carbocycles. The number of carbonyl (C=O) groups excluding carboxylic acids is 2. The highest BCUT2D eigenvalue weighted by atomic mass is 16.5. The molecular formula is C19H27N3O3. The minimum Gasteiger partial charge on any atom is -0.497 e. The third-order valence-electron chi connectivity index (χ3n) is 5.23. The summed E-state index contributed by atoms with van der Waals surface area (Å²) in [5.41, 5.74) is 1.11. The van der Waals surface area contributed by atoms with E-state index < -0.39 is 0 Å². The van der Waals surface area contributed by atoms with E-state index in [1.165, 1.54) is 0 Å². The standard InChI is InChI=1S/C19H27N3O3/c1-15(23)21-11-12-22(14-19(24)20-9-3-4-10-20)18(13-21)16-5-7-17(25-2)8-6-16/h5-8,18H,3-4,9-14H2,1-2H3/t18-/m1/s1. The van der Waals surface area contributed by atoms with Crippen molar-refractivity contribution in [1.29, 1.82) is 0 Å². The Bertz CT molecular complexity index is 611. The van der Waals surface area contributed by atoms with Crippen LogP contribution in [0.5, 0.6) is 5.75 Å². The summed E-state index contributed by atoms with van der Waals surface area (Å²) < 4.78 is 5.24. The van der Waals surface area contributed by atoms with Gasteiger partial charge in [0, 0.05) is 39.6 Å². The minimum atomic E-state index is 0.0371. The molecule has 2 aliphatic heterocycles. The van der Waals surface area contributed by atoms with E-state index in [0.29, 0.717) is 19.6 Å². The SMILES string of the molecule is COc1ccc([C@H]2CN(C(C)=O)CCN2CC(=O)N2CCCC2)cc1. The highest BCUT2D eigenvalue weighted by Crippen LogP contribution is 2.27. The van der Waals surface area contributed by atoms with E-state index in [9.17, 15) is 9.59 Å². The fourth-order valence-corrected chi connectivity index (χ4v) is 3.68. The number of benzene rings is 1. The zero-order valence-electron chi connectivity index (χ0n) is 15.1. The maximum Gasteiger partial charge on any atom is 0.236 e. The highest BCUT2D eigenvalue weighted by Gasteiger charge is 2.32. The van der Waals surface area contributed by atoms with Crippen molar-refractivity contribution in [2.45, 2.75) is 25.8 Å². The predicted octanol–water partition coefficient (Wildman–Crippen LogP) is 1.52. The van der Waals surface area contributed by atoms with E-state index >= 15 is 0 Å². The molecule has 136 valence electrons. The van der Waals surface area contributed by atoms with Crippen molar-refractivity contribution >= 4 is 11.8 Å². The van der Waals surface area contributed by atoms with Gasteiger partial charge in [-0.15, -0.1) is 0 Å². The summed E-state index contributed by atoms with van der Waals surface area (Å²) in [4.78, 5) is 30.5. The van der Waals surface area contributed by atoms with Gasteiger partial charge < -0.3 is 14.5 Å². The molecule has 0 unspecified atom stereocenters. The number of rotatable bonds is 4. The van der Waals surface area contributed by atoms with Crippen LogP contribution in [-0.4, -0.2) is 72.9 Å². The van der Waals surface area contributed by atoms with E-state index in [1.807, 2.05) is 34.1 Å². The summed E-state index contributed by atoms with van der Waals surface area (Å²) in [5.74, 6) is 1.10. The third-order valence-corrected chi connectivity index (χ3v) is 5.23. The molecule has 2 fully saturated rings. The van der Waals surface area contributed by atoms with Crippen molar-refractivity contribution in [3.8, 4) is 5.75 Å². The van der Waals surface area contributed by atoms with Crippen LogP contribution in [0.15, 0.2) is 24.3 Å². The van der Waals surface area contributed by atoms with E-state index in [2.05, 4.69) is 4.90 Å². The summed E-state index contributed by atoms with van der Waals surface area (Å²) >= 11 is 0. The number of amides is 2. The van der Waals surface area contributed by atoms with Gasteiger partial charge in [-0.2, -0.15) is 0 Å². The Morgan fingerprint density at radius 3 is 2.32 bits per heavy atom. The van der Waals surface area contributed by atoms with Crippen molar-refractivity contribution in [2.24, 2.45) is 0 Å². The van der Waals surface area contributed by atoms with Crippen LogP contribution < -0.4 is 4.74 Å². The molecule has 0 saturated carbocycles. The Hall–Kier alpha value is -2.08. The summed E-state index contributed by atoms with van der Waals surface area (Å²) in [7, 11) is 1.65. The second-order valence-electron chi connectivity index (χ2n) is 6.81. The second-order valence-corrected chi connectivity index (χ2v) is 6.81. The topological polar surface area (TPSA) is 53.1 Å². The molecule has 0 aromatic heterocycles. The van der Waals surface area contributed by atoms with Crippen LogP contribution >= 0.6 is 0 Å². The van der Waals surface area contributed by atoms with Gasteiger partial charge in [0.2, 0.25) is 11.8 Å². The Kier molecular flexibility index (Phi) is 5.58. The molecule has 1 aromatic rings. The fraction of sp³-hybridized carbons (Fsp3) is 0.579. The average molecular weight is 345 g/mol. The molecule has 25 heavy (non-hydrogen) atoms. The Balaban J connectivity index is 1.76. The first-order valence-electron chi connectivity index (χ1n) is 9.00. The van der Waals surface area contributed by atoms with Crippen LogP contribution in [0.25, 0.3) is 0 Å². The lowest BCUT2D eigenvalue weighted by molar-refractivity contribution is -0.135. The van der Waals surface area contributed by atoms with Crippen LogP contribution in [0.4, 0.5) is 0 Å². The molecule has 2 heterocycles. The lowest BCUT2D eigenvalue weighted by atomic mass is 10.0. The van der Waals surface area contributed by atoms with Crippen LogP contribution in [-0.2, 0) is 9.59 Å². The molecule has 1 atom stereocenters. The van der Waals surface area contributed by atoms with Gasteiger partial charge in [-0.25, -0.2) is 0 Å². The number of carbonyl (C=O) groups is 2. The molecule has 2 saturated heterocycles. The summed E-state index contributed by atoms with van der Waals surface area (Å²) in [6.07, 6.45) is 2.21. The van der Waals surface area contributed by atoms with Gasteiger partial charge in [0.15, 0.2) is 0 Å². The van der Waals surface area contributed by atoms with Crippen molar-refractivity contribution in [1.82, 2.24) is 14.7 Å². The van der Waals surface area contributed by atoms with Crippen molar-refractivity contribution in [2.75, 3.05) is 46.4 Å². The smallest absolute Gasteiger partial charge is 0.236 e. The predicted molar refractivity (Wildman–Crippen MR) is 95.4 cm³/mol. The zero-order valence-corrected chi connectivity index (χ0v) is 15.1. The molecule has 0 bridgehead atoms. The minimum absolute atomic E-state index is 0.0371. The number of piperazine rings is 1. The van der Waals surface area contributed by atoms with Gasteiger partial charge in [0.25, 0.3) is 0 Å². The number of ether oxygens (including phenoxy) is 1. The number of hydrogen-bond acceptors (Lipinski definition) is 4. The maximum absolute atomic E-state index is 12.6. The van der Waals surface area contributed by atoms with Crippen molar-refractivity contribution < 1.29 is 14.3 Å². The molecule has 3 rings (SSSR count). The quantitative estimate of drug-likeness (QED) is 0.830. The van der Waals surface area contributed by atoms with E-state index in [-0.39, 0.29) is 17.9 Å². The van der Waals surface area contributed by atoms with Crippen LogP contribution in [0.2, 0.25) is 0 Å². The highest BCUT2D eigenvalue weighted by molar-refractivity contribution is 5.78. The number of nitrogens with zero attached hydrogens (tertiary/aromatic N) is 3. The third kappa shape index (κ3) is 4.12. The van der Waals surface area contributed by atoms with Crippen LogP contribution in [0.1, 0.15) is 31.4 Å². The Morgan fingerprint density at radius 1 is 1.04 bits per heavy atom. The molecule has 6 nitrogen and oxygen atoms in total. The maximum atomic E-state index is 12.6. The van der Waals surface area contributed by atoms with Crippen LogP contribution in [0, 0.1) is 0 Å². The summed E-state index contributed by atoms with van der Waals surface area (Å²) in [6, 6.07) is 7.96. The fourth-order valence-electron chi connectivity index (χ4n) is 3.68. The van der Waals surface area contributed by atoms with Gasteiger partial charge in [-0.1, -0.05) is 12.1 Å². The van der Waals surface area contributed by atoms with Crippen molar-refractivity contribution in [3.63, 3.8) is 0 Å². The molecule has 6 heteroatoms. The van der Waals surface area contributed by atoms with Gasteiger partial charge in [-0.3, -0.25) is 14.5 Å². The number of hydrogen-bond donors (Lipinski definition) is 0. The molecule has 0 spiro atoms. The first-order valence-corrected chi connectivity index (χ1v) is 9.00. The molecular weight excluding hydrogens is 318 g/mol. The Morgan fingerprint density at radius 2 is 1.72 bits per heavy atom. The van der Waals surface area contributed by atoms with Crippen molar-refractivity contribution in [3.05, 3.63) is 29.8 Å². The first-order chi connectivity index (χ1) is 12.1. The van der Waals surface area contributed by atoms with Gasteiger partial charge in [0.1, 0.15) is 5.75 Å². The van der Waals surface area contributed by atoms with Crippen LogP contribution in [0.3, 0.4) is 0 Å². The average Bonchev–Trinajstić information content (AvgIpc) is 3.17. The summed E-state index contributed by atoms with van der Waals surface area (Å²) in [6.45, 7) is 5.79. The lowest BCUT2D eigenvalue weighted by Crippen LogP contribution is -2.52. The molecule has 0 radical (unpaired) electrons. The second kappa shape index (κ2) is 7.87. The normalized spacial score (nSPS) is 21.4. The molecule has 2 aliphatic rings. The molecule has 0 aliphatic carbocycles. The summed E-state index contributed by atoms with van der Waals surface area (Å²) in [5, 5.41) is 0. The monoisotopic (exact) mass is 345 g/mol. The van der Waals surface area contributed by atoms with Gasteiger partial charge in [-0.05, 0) is 30.5 Å². The number of methoxy groups -OCH3 is 1. The molecule has 0 N–H and O–H groups in total. The van der Waals surface area contributed by atoms with E-state index in [4.69, 9.17) is 4.74 Å². The van der Waals surface area contributed by atoms with E-state index in [1.54, 1.807) is 14.0 Å². The lowest BCUT2D eigenvalue weighted by Gasteiger charge is -2.41. The van der Waals surface area contributed by atoms with Gasteiger partial charge in [0.05, 0.1) is 19.7 Å². The largest absolute Gasteiger partial charge is 0.497 e. The number of likely N-dealkylation sites (tertiary alicyclic amines) is 1. The zero-order chi connectivity index (χ0) is 17.8. The molecule has 2 amide bonds.